The van der Waals surface area contributed by atoms with Crippen molar-refractivity contribution >= 4 is 11.9 Å². The second-order valence-corrected chi connectivity index (χ2v) is 24.6. The molecule has 0 aromatic rings. The lowest BCUT2D eigenvalue weighted by atomic mass is 10.0. The van der Waals surface area contributed by atoms with Gasteiger partial charge in [-0.1, -0.05) is 359 Å². The van der Waals surface area contributed by atoms with E-state index in [9.17, 15) is 19.8 Å². The lowest BCUT2D eigenvalue weighted by molar-refractivity contribution is -0.143. The van der Waals surface area contributed by atoms with Gasteiger partial charge in [-0.05, 0) is 51.4 Å². The highest BCUT2D eigenvalue weighted by atomic mass is 16.5. The molecule has 0 rings (SSSR count). The van der Waals surface area contributed by atoms with Crippen LogP contribution in [0.4, 0.5) is 0 Å². The van der Waals surface area contributed by atoms with Crippen LogP contribution in [-0.2, 0) is 14.3 Å². The van der Waals surface area contributed by atoms with Crippen LogP contribution in [0.2, 0.25) is 0 Å². The Balaban J connectivity index is 3.38. The number of allylic oxidation sites excluding steroid dienone is 4. The highest BCUT2D eigenvalue weighted by Gasteiger charge is 2.20. The van der Waals surface area contributed by atoms with E-state index in [0.29, 0.717) is 25.9 Å². The molecule has 0 aliphatic heterocycles. The summed E-state index contributed by atoms with van der Waals surface area (Å²) in [4.78, 5) is 24.6. The van der Waals surface area contributed by atoms with Crippen molar-refractivity contribution in [3.8, 4) is 0 Å². The molecule has 2 unspecified atom stereocenters. The first-order chi connectivity index (χ1) is 38.5. The monoisotopic (exact) mass is 1100 g/mol. The maximum atomic E-state index is 12.6. The molecular formula is C72H139NO5. The van der Waals surface area contributed by atoms with Crippen molar-refractivity contribution in [2.45, 2.75) is 411 Å². The zero-order valence-electron chi connectivity index (χ0n) is 52.9. The van der Waals surface area contributed by atoms with Gasteiger partial charge in [0.2, 0.25) is 5.91 Å². The number of esters is 1. The summed E-state index contributed by atoms with van der Waals surface area (Å²) >= 11 is 0. The van der Waals surface area contributed by atoms with Crippen LogP contribution < -0.4 is 5.32 Å². The molecule has 462 valence electrons. The second kappa shape index (κ2) is 67.8. The summed E-state index contributed by atoms with van der Waals surface area (Å²) in [5.74, 6) is -0.0296. The third-order valence-corrected chi connectivity index (χ3v) is 16.7. The number of carbonyl (C=O) groups is 2. The average Bonchev–Trinajstić information content (AvgIpc) is 3.44. The first kappa shape index (κ1) is 76.3. The molecule has 0 bridgehead atoms. The Morgan fingerprint density at radius 3 is 1.03 bits per heavy atom. The summed E-state index contributed by atoms with van der Waals surface area (Å²) in [6.07, 6.45) is 85.1. The van der Waals surface area contributed by atoms with Gasteiger partial charge in [0, 0.05) is 12.8 Å². The molecule has 0 aliphatic carbocycles. The number of hydrogen-bond acceptors (Lipinski definition) is 5. The third kappa shape index (κ3) is 63.5. The predicted octanol–water partition coefficient (Wildman–Crippen LogP) is 22.9. The molecule has 0 aliphatic rings. The summed E-state index contributed by atoms with van der Waals surface area (Å²) < 4.78 is 5.48. The highest BCUT2D eigenvalue weighted by Crippen LogP contribution is 2.19. The van der Waals surface area contributed by atoms with E-state index in [0.717, 1.165) is 51.4 Å². The molecule has 0 saturated carbocycles. The number of aliphatic hydroxyl groups is 2. The normalized spacial score (nSPS) is 12.6. The fourth-order valence-corrected chi connectivity index (χ4v) is 11.3. The largest absolute Gasteiger partial charge is 0.466 e. The van der Waals surface area contributed by atoms with E-state index >= 15 is 0 Å². The van der Waals surface area contributed by atoms with E-state index in [1.165, 1.54) is 315 Å². The first-order valence-electron chi connectivity index (χ1n) is 35.6. The summed E-state index contributed by atoms with van der Waals surface area (Å²) in [7, 11) is 0. The number of ether oxygens (including phenoxy) is 1. The lowest BCUT2D eigenvalue weighted by Crippen LogP contribution is -2.45. The topological polar surface area (TPSA) is 95.9 Å². The lowest BCUT2D eigenvalue weighted by Gasteiger charge is -2.22. The smallest absolute Gasteiger partial charge is 0.305 e. The average molecular weight is 1100 g/mol. The Labute approximate surface area is 488 Å². The minimum atomic E-state index is -0.666. The van der Waals surface area contributed by atoms with Crippen LogP contribution in [0, 0.1) is 0 Å². The number of amides is 1. The van der Waals surface area contributed by atoms with Crippen molar-refractivity contribution in [1.82, 2.24) is 5.32 Å². The minimum absolute atomic E-state index is 0.0000157. The summed E-state index contributed by atoms with van der Waals surface area (Å²) in [5, 5.41) is 23.5. The van der Waals surface area contributed by atoms with E-state index in [1.807, 2.05) is 0 Å². The SMILES string of the molecule is CCC/C=C\C/C=C\CCCCCCCC(=O)OCCCCCCCCCCCCCCCCCCCCCCCCCC(=O)NC(CO)C(O)CCCCCCCCCCCCCCCCCCCCCCCCCCC. The Morgan fingerprint density at radius 1 is 0.359 bits per heavy atom. The van der Waals surface area contributed by atoms with E-state index in [4.69, 9.17) is 4.74 Å². The van der Waals surface area contributed by atoms with E-state index in [2.05, 4.69) is 43.5 Å². The van der Waals surface area contributed by atoms with Gasteiger partial charge < -0.3 is 20.3 Å². The molecule has 0 aromatic heterocycles. The van der Waals surface area contributed by atoms with Crippen molar-refractivity contribution in [3.63, 3.8) is 0 Å². The van der Waals surface area contributed by atoms with Crippen LogP contribution >= 0.6 is 0 Å². The van der Waals surface area contributed by atoms with Gasteiger partial charge in [0.05, 0.1) is 25.4 Å². The van der Waals surface area contributed by atoms with E-state index in [1.54, 1.807) is 0 Å². The molecule has 0 radical (unpaired) electrons. The quantitative estimate of drug-likeness (QED) is 0.0320. The fourth-order valence-electron chi connectivity index (χ4n) is 11.3. The fraction of sp³-hybridized carbons (Fsp3) is 0.917. The summed E-state index contributed by atoms with van der Waals surface area (Å²) in [6, 6.07) is -0.543. The van der Waals surface area contributed by atoms with Gasteiger partial charge in [-0.15, -0.1) is 0 Å². The van der Waals surface area contributed by atoms with Crippen LogP contribution in [0.25, 0.3) is 0 Å². The molecule has 0 heterocycles. The molecule has 6 nitrogen and oxygen atoms in total. The maximum absolute atomic E-state index is 12.6. The number of nitrogens with one attached hydrogen (secondary N) is 1. The molecule has 1 amide bonds. The molecule has 0 spiro atoms. The van der Waals surface area contributed by atoms with Crippen LogP contribution in [0.15, 0.2) is 24.3 Å². The number of carbonyl (C=O) groups excluding carboxylic acids is 2. The molecule has 0 fully saturated rings. The first-order valence-corrected chi connectivity index (χ1v) is 35.6. The molecule has 78 heavy (non-hydrogen) atoms. The third-order valence-electron chi connectivity index (χ3n) is 16.7. The van der Waals surface area contributed by atoms with Crippen LogP contribution in [0.1, 0.15) is 399 Å². The molecule has 3 N–H and O–H groups in total. The Kier molecular flexibility index (Phi) is 66.4. The van der Waals surface area contributed by atoms with Crippen molar-refractivity contribution < 1.29 is 24.5 Å². The van der Waals surface area contributed by atoms with Gasteiger partial charge in [-0.3, -0.25) is 9.59 Å². The maximum Gasteiger partial charge on any atom is 0.305 e. The summed E-state index contributed by atoms with van der Waals surface area (Å²) in [5.41, 5.74) is 0. The number of unbranched alkanes of at least 4 members (excludes halogenated alkanes) is 52. The van der Waals surface area contributed by atoms with Crippen molar-refractivity contribution in [1.29, 1.82) is 0 Å². The van der Waals surface area contributed by atoms with E-state index < -0.39 is 12.1 Å². The van der Waals surface area contributed by atoms with Crippen molar-refractivity contribution in [3.05, 3.63) is 24.3 Å². The zero-order valence-corrected chi connectivity index (χ0v) is 52.9. The Bertz CT molecular complexity index is 1220. The summed E-state index contributed by atoms with van der Waals surface area (Å²) in [6.45, 7) is 4.92. The zero-order chi connectivity index (χ0) is 56.4. The molecule has 0 saturated heterocycles. The van der Waals surface area contributed by atoms with Crippen LogP contribution in [0.5, 0.6) is 0 Å². The Hall–Kier alpha value is -1.66. The van der Waals surface area contributed by atoms with Gasteiger partial charge in [-0.2, -0.15) is 0 Å². The second-order valence-electron chi connectivity index (χ2n) is 24.6. The van der Waals surface area contributed by atoms with Gasteiger partial charge in [0.1, 0.15) is 0 Å². The van der Waals surface area contributed by atoms with Gasteiger partial charge in [0.25, 0.3) is 0 Å². The van der Waals surface area contributed by atoms with Gasteiger partial charge >= 0.3 is 5.97 Å². The number of aliphatic hydroxyl groups excluding tert-OH is 2. The van der Waals surface area contributed by atoms with Crippen molar-refractivity contribution in [2.75, 3.05) is 13.2 Å². The molecule has 6 heteroatoms. The van der Waals surface area contributed by atoms with E-state index in [-0.39, 0.29) is 18.5 Å². The minimum Gasteiger partial charge on any atom is -0.466 e. The highest BCUT2D eigenvalue weighted by molar-refractivity contribution is 5.76. The number of rotatable bonds is 67. The number of hydrogen-bond donors (Lipinski definition) is 3. The standard InChI is InChI=1S/C72H139NO5/c1-3-5-7-9-11-13-15-17-18-19-20-21-22-23-25-28-31-34-37-41-44-48-52-56-60-64-70(75)69(68-74)73-71(76)65-61-57-53-49-45-42-38-35-32-29-26-24-27-30-33-36-39-43-47-51-55-59-63-67-78-72(77)66-62-58-54-50-46-40-16-14-12-10-8-6-4-2/h8,10,14,16,69-70,74-75H,3-7,9,11-13,15,17-68H2,1-2H3,(H,73,76)/b10-8-,16-14-. The molecular weight excluding hydrogens is 959 g/mol. The van der Waals surface area contributed by atoms with Gasteiger partial charge in [0.15, 0.2) is 0 Å². The molecule has 2 atom stereocenters. The van der Waals surface area contributed by atoms with Crippen molar-refractivity contribution in [2.24, 2.45) is 0 Å². The van der Waals surface area contributed by atoms with Crippen LogP contribution in [0.3, 0.4) is 0 Å². The Morgan fingerprint density at radius 2 is 0.667 bits per heavy atom. The predicted molar refractivity (Wildman–Crippen MR) is 343 cm³/mol. The molecule has 0 aromatic carbocycles. The van der Waals surface area contributed by atoms with Gasteiger partial charge in [-0.25, -0.2) is 0 Å². The van der Waals surface area contributed by atoms with Crippen LogP contribution in [-0.4, -0.2) is 47.4 Å².